The van der Waals surface area contributed by atoms with Gasteiger partial charge in [0.1, 0.15) is 11.8 Å². The number of aromatic nitrogens is 3. The zero-order valence-corrected chi connectivity index (χ0v) is 12.1. The van der Waals surface area contributed by atoms with E-state index in [1.807, 2.05) is 0 Å². The van der Waals surface area contributed by atoms with Gasteiger partial charge in [0.25, 0.3) is 0 Å². The lowest BCUT2D eigenvalue weighted by Crippen LogP contribution is -2.27. The second-order valence-corrected chi connectivity index (χ2v) is 5.73. The highest BCUT2D eigenvalue weighted by Crippen LogP contribution is 2.29. The Labute approximate surface area is 114 Å². The Balaban J connectivity index is 2.20. The molecule has 0 fully saturated rings. The van der Waals surface area contributed by atoms with Crippen molar-refractivity contribution < 1.29 is 0 Å². The van der Waals surface area contributed by atoms with Crippen LogP contribution in [0.4, 0.5) is 5.82 Å². The highest BCUT2D eigenvalue weighted by Gasteiger charge is 2.19. The standard InChI is InChI=1S/C15H22N4/c1-11(2)18(3)15-14-13(16-10-17-15)9-12-7-5-4-6-8-19(12)14/h9-11H,4-8H2,1-3H3. The average Bonchev–Trinajstić information content (AvgIpc) is 2.60. The number of anilines is 1. The Morgan fingerprint density at radius 1 is 1.21 bits per heavy atom. The van der Waals surface area contributed by atoms with Crippen LogP contribution in [0.5, 0.6) is 0 Å². The van der Waals surface area contributed by atoms with Crippen molar-refractivity contribution in [3.63, 3.8) is 0 Å². The van der Waals surface area contributed by atoms with Crippen molar-refractivity contribution >= 4 is 16.9 Å². The van der Waals surface area contributed by atoms with Gasteiger partial charge in [-0.05, 0) is 39.2 Å². The highest BCUT2D eigenvalue weighted by atomic mass is 15.2. The summed E-state index contributed by atoms with van der Waals surface area (Å²) in [6.07, 6.45) is 6.74. The summed E-state index contributed by atoms with van der Waals surface area (Å²) >= 11 is 0. The zero-order chi connectivity index (χ0) is 13.4. The summed E-state index contributed by atoms with van der Waals surface area (Å²) in [4.78, 5) is 11.2. The fraction of sp³-hybridized carbons (Fsp3) is 0.600. The quantitative estimate of drug-likeness (QED) is 0.830. The topological polar surface area (TPSA) is 34.0 Å². The van der Waals surface area contributed by atoms with Crippen molar-refractivity contribution in [2.75, 3.05) is 11.9 Å². The third kappa shape index (κ3) is 2.09. The van der Waals surface area contributed by atoms with Crippen LogP contribution in [0.3, 0.4) is 0 Å². The highest BCUT2D eigenvalue weighted by molar-refractivity contribution is 5.87. The molecule has 19 heavy (non-hydrogen) atoms. The minimum atomic E-state index is 0.440. The van der Waals surface area contributed by atoms with E-state index >= 15 is 0 Å². The van der Waals surface area contributed by atoms with E-state index in [2.05, 4.69) is 46.4 Å². The van der Waals surface area contributed by atoms with E-state index in [4.69, 9.17) is 0 Å². The fourth-order valence-electron chi connectivity index (χ4n) is 2.84. The van der Waals surface area contributed by atoms with Crippen LogP contribution in [0.15, 0.2) is 12.4 Å². The van der Waals surface area contributed by atoms with Gasteiger partial charge in [0.15, 0.2) is 5.82 Å². The Hall–Kier alpha value is -1.58. The van der Waals surface area contributed by atoms with Crippen molar-refractivity contribution in [1.82, 2.24) is 14.5 Å². The summed E-state index contributed by atoms with van der Waals surface area (Å²) in [6.45, 7) is 5.49. The predicted octanol–water partition coefficient (Wildman–Crippen LogP) is 3.00. The Morgan fingerprint density at radius 2 is 2.05 bits per heavy atom. The summed E-state index contributed by atoms with van der Waals surface area (Å²) in [7, 11) is 2.11. The number of rotatable bonds is 2. The third-order valence-corrected chi connectivity index (χ3v) is 4.17. The number of fused-ring (bicyclic) bond motifs is 3. The lowest BCUT2D eigenvalue weighted by molar-refractivity contribution is 0.646. The smallest absolute Gasteiger partial charge is 0.156 e. The van der Waals surface area contributed by atoms with E-state index in [9.17, 15) is 0 Å². The molecule has 0 bridgehead atoms. The molecular weight excluding hydrogens is 236 g/mol. The minimum absolute atomic E-state index is 0.440. The van der Waals surface area contributed by atoms with Gasteiger partial charge in [-0.3, -0.25) is 0 Å². The molecule has 4 nitrogen and oxygen atoms in total. The zero-order valence-electron chi connectivity index (χ0n) is 12.1. The molecule has 4 heteroatoms. The van der Waals surface area contributed by atoms with E-state index in [0.717, 1.165) is 17.9 Å². The monoisotopic (exact) mass is 258 g/mol. The Kier molecular flexibility index (Phi) is 3.17. The molecule has 1 aliphatic heterocycles. The molecule has 2 aromatic heterocycles. The van der Waals surface area contributed by atoms with Gasteiger partial charge in [-0.15, -0.1) is 0 Å². The van der Waals surface area contributed by atoms with Crippen molar-refractivity contribution in [1.29, 1.82) is 0 Å². The molecule has 0 saturated carbocycles. The maximum absolute atomic E-state index is 4.53. The first-order valence-corrected chi connectivity index (χ1v) is 7.24. The molecule has 0 aliphatic carbocycles. The first-order chi connectivity index (χ1) is 9.18. The largest absolute Gasteiger partial charge is 0.355 e. The van der Waals surface area contributed by atoms with Crippen LogP contribution in [-0.4, -0.2) is 27.6 Å². The molecule has 2 aromatic rings. The molecule has 3 rings (SSSR count). The van der Waals surface area contributed by atoms with E-state index in [0.29, 0.717) is 6.04 Å². The van der Waals surface area contributed by atoms with Gasteiger partial charge in [-0.25, -0.2) is 9.97 Å². The SMILES string of the molecule is CC(C)N(C)c1ncnc2cc3n(c12)CCCCC3. The van der Waals surface area contributed by atoms with Crippen LogP contribution in [0.25, 0.3) is 11.0 Å². The van der Waals surface area contributed by atoms with E-state index < -0.39 is 0 Å². The molecule has 3 heterocycles. The van der Waals surface area contributed by atoms with Gasteiger partial charge >= 0.3 is 0 Å². The summed E-state index contributed by atoms with van der Waals surface area (Å²) in [6, 6.07) is 2.69. The maximum atomic E-state index is 4.53. The van der Waals surface area contributed by atoms with Crippen molar-refractivity contribution in [2.24, 2.45) is 0 Å². The average molecular weight is 258 g/mol. The van der Waals surface area contributed by atoms with Gasteiger partial charge in [-0.1, -0.05) is 6.42 Å². The number of hydrogen-bond acceptors (Lipinski definition) is 3. The molecule has 0 radical (unpaired) electrons. The Bertz CT molecular complexity index is 585. The number of hydrogen-bond donors (Lipinski definition) is 0. The first-order valence-electron chi connectivity index (χ1n) is 7.24. The fourth-order valence-corrected chi connectivity index (χ4v) is 2.84. The summed E-state index contributed by atoms with van der Waals surface area (Å²) in [5, 5.41) is 0. The normalized spacial score (nSPS) is 15.6. The molecule has 1 aliphatic rings. The van der Waals surface area contributed by atoms with Crippen LogP contribution in [-0.2, 0) is 13.0 Å². The molecule has 102 valence electrons. The third-order valence-electron chi connectivity index (χ3n) is 4.17. The second kappa shape index (κ2) is 4.83. The molecule has 0 N–H and O–H groups in total. The summed E-state index contributed by atoms with van der Waals surface area (Å²) < 4.78 is 2.44. The number of aryl methyl sites for hydroxylation is 2. The van der Waals surface area contributed by atoms with Gasteiger partial charge in [0, 0.05) is 25.3 Å². The van der Waals surface area contributed by atoms with Crippen LogP contribution in [0.1, 0.15) is 38.8 Å². The molecule has 0 aromatic carbocycles. The van der Waals surface area contributed by atoms with E-state index in [1.165, 1.54) is 36.9 Å². The van der Waals surface area contributed by atoms with Gasteiger partial charge < -0.3 is 9.47 Å². The lowest BCUT2D eigenvalue weighted by Gasteiger charge is -2.24. The van der Waals surface area contributed by atoms with Gasteiger partial charge in [-0.2, -0.15) is 0 Å². The Morgan fingerprint density at radius 3 is 2.84 bits per heavy atom. The van der Waals surface area contributed by atoms with Crippen molar-refractivity contribution in [3.05, 3.63) is 18.1 Å². The molecule has 0 spiro atoms. The molecule has 0 unspecified atom stereocenters. The van der Waals surface area contributed by atoms with Crippen LogP contribution >= 0.6 is 0 Å². The molecular formula is C15H22N4. The van der Waals surface area contributed by atoms with Crippen LogP contribution in [0, 0.1) is 0 Å². The van der Waals surface area contributed by atoms with Crippen LogP contribution in [0.2, 0.25) is 0 Å². The van der Waals surface area contributed by atoms with E-state index in [-0.39, 0.29) is 0 Å². The van der Waals surface area contributed by atoms with Gasteiger partial charge in [0.2, 0.25) is 0 Å². The summed E-state index contributed by atoms with van der Waals surface area (Å²) in [5.41, 5.74) is 3.73. The van der Waals surface area contributed by atoms with Crippen molar-refractivity contribution in [3.8, 4) is 0 Å². The maximum Gasteiger partial charge on any atom is 0.156 e. The van der Waals surface area contributed by atoms with Crippen molar-refractivity contribution in [2.45, 2.75) is 52.1 Å². The van der Waals surface area contributed by atoms with Crippen LogP contribution < -0.4 is 4.90 Å². The minimum Gasteiger partial charge on any atom is -0.355 e. The molecule has 0 saturated heterocycles. The molecule has 0 amide bonds. The first kappa shape index (κ1) is 12.5. The predicted molar refractivity (Wildman–Crippen MR) is 78.6 cm³/mol. The lowest BCUT2D eigenvalue weighted by atomic mass is 10.2. The number of nitrogens with zero attached hydrogens (tertiary/aromatic N) is 4. The second-order valence-electron chi connectivity index (χ2n) is 5.73. The molecule has 0 atom stereocenters. The summed E-state index contributed by atoms with van der Waals surface area (Å²) in [5.74, 6) is 1.06. The van der Waals surface area contributed by atoms with E-state index in [1.54, 1.807) is 6.33 Å². The van der Waals surface area contributed by atoms with Gasteiger partial charge in [0.05, 0.1) is 5.52 Å².